The van der Waals surface area contributed by atoms with Crippen molar-refractivity contribution < 1.29 is 0 Å². The molecule has 0 saturated carbocycles. The molecule has 1 N–H and O–H groups in total. The van der Waals surface area contributed by atoms with Gasteiger partial charge in [-0.3, -0.25) is 9.25 Å². The Bertz CT molecular complexity index is 593. The molecule has 5 heteroatoms. The summed E-state index contributed by atoms with van der Waals surface area (Å²) in [5, 5.41) is 7.87. The number of nitrogens with one attached hydrogen (secondary N) is 1. The Balaban J connectivity index is 2.17. The molecule has 0 radical (unpaired) electrons. The van der Waals surface area contributed by atoms with Crippen LogP contribution in [0.25, 0.3) is 5.69 Å². The summed E-state index contributed by atoms with van der Waals surface area (Å²) >= 11 is 0. The van der Waals surface area contributed by atoms with E-state index in [1.54, 1.807) is 0 Å². The van der Waals surface area contributed by atoms with Gasteiger partial charge in [-0.1, -0.05) is 6.92 Å². The molecule has 19 heavy (non-hydrogen) atoms. The van der Waals surface area contributed by atoms with E-state index in [4.69, 9.17) is 4.98 Å². The highest BCUT2D eigenvalue weighted by Gasteiger charge is 2.22. The molecule has 0 saturated heterocycles. The molecule has 2 aromatic rings. The topological polar surface area (TPSA) is 47.7 Å². The summed E-state index contributed by atoms with van der Waals surface area (Å²) in [6.07, 6.45) is 5.27. The summed E-state index contributed by atoms with van der Waals surface area (Å²) in [6, 6.07) is 0. The van der Waals surface area contributed by atoms with Gasteiger partial charge in [0.1, 0.15) is 5.82 Å². The maximum Gasteiger partial charge on any atom is 0.113 e. The van der Waals surface area contributed by atoms with Gasteiger partial charge in [-0.2, -0.15) is 5.10 Å². The number of aryl methyl sites for hydroxylation is 3. The summed E-state index contributed by atoms with van der Waals surface area (Å²) in [6.45, 7) is 6.19. The second kappa shape index (κ2) is 4.81. The van der Waals surface area contributed by atoms with Crippen molar-refractivity contribution in [2.75, 3.05) is 6.54 Å². The van der Waals surface area contributed by atoms with Crippen LogP contribution in [-0.4, -0.2) is 25.9 Å². The van der Waals surface area contributed by atoms with Crippen LogP contribution in [0.5, 0.6) is 0 Å². The highest BCUT2D eigenvalue weighted by molar-refractivity contribution is 5.40. The Morgan fingerprint density at radius 2 is 2.26 bits per heavy atom. The molecule has 0 bridgehead atoms. The van der Waals surface area contributed by atoms with E-state index < -0.39 is 0 Å². The van der Waals surface area contributed by atoms with Crippen LogP contribution >= 0.6 is 0 Å². The van der Waals surface area contributed by atoms with E-state index in [1.807, 2.05) is 11.7 Å². The zero-order valence-electron chi connectivity index (χ0n) is 11.9. The van der Waals surface area contributed by atoms with Crippen LogP contribution in [0.4, 0.5) is 0 Å². The molecule has 3 heterocycles. The smallest absolute Gasteiger partial charge is 0.113 e. The summed E-state index contributed by atoms with van der Waals surface area (Å²) in [4.78, 5) is 4.83. The second-order valence-corrected chi connectivity index (χ2v) is 5.21. The first-order chi connectivity index (χ1) is 9.20. The quantitative estimate of drug-likeness (QED) is 0.909. The van der Waals surface area contributed by atoms with Crippen molar-refractivity contribution in [3.8, 4) is 5.69 Å². The fourth-order valence-electron chi connectivity index (χ4n) is 2.85. The van der Waals surface area contributed by atoms with Crippen LogP contribution in [0.1, 0.15) is 36.3 Å². The maximum absolute atomic E-state index is 4.83. The van der Waals surface area contributed by atoms with Crippen LogP contribution < -0.4 is 5.32 Å². The molecule has 0 amide bonds. The zero-order valence-corrected chi connectivity index (χ0v) is 11.9. The van der Waals surface area contributed by atoms with E-state index in [2.05, 4.69) is 35.0 Å². The second-order valence-electron chi connectivity index (χ2n) is 5.21. The summed E-state index contributed by atoms with van der Waals surface area (Å²) < 4.78 is 4.22. The van der Waals surface area contributed by atoms with Gasteiger partial charge in [0.2, 0.25) is 0 Å². The number of fused-ring (bicyclic) bond motifs is 1. The number of imidazole rings is 1. The molecule has 0 spiro atoms. The van der Waals surface area contributed by atoms with E-state index in [1.165, 1.54) is 22.9 Å². The standard InChI is InChI=1S/C14H21N5/c1-4-5-14-16-11-8-15-7-6-12(11)19(14)13-9-18(3)17-10(13)2/h9,15H,4-8H2,1-3H3. The number of rotatable bonds is 3. The number of hydrogen-bond donors (Lipinski definition) is 1. The molecular weight excluding hydrogens is 238 g/mol. The van der Waals surface area contributed by atoms with Gasteiger partial charge in [0.15, 0.2) is 0 Å². The third-order valence-corrected chi connectivity index (χ3v) is 3.66. The van der Waals surface area contributed by atoms with Crippen LogP contribution in [0, 0.1) is 6.92 Å². The molecule has 0 unspecified atom stereocenters. The normalized spacial score (nSPS) is 14.7. The van der Waals surface area contributed by atoms with Gasteiger partial charge in [-0.25, -0.2) is 4.98 Å². The van der Waals surface area contributed by atoms with Crippen molar-refractivity contribution in [2.24, 2.45) is 7.05 Å². The van der Waals surface area contributed by atoms with Crippen molar-refractivity contribution in [1.82, 2.24) is 24.6 Å². The molecule has 0 fully saturated rings. The molecule has 2 aromatic heterocycles. The lowest BCUT2D eigenvalue weighted by Crippen LogP contribution is -2.24. The highest BCUT2D eigenvalue weighted by atomic mass is 15.3. The molecule has 102 valence electrons. The van der Waals surface area contributed by atoms with Crippen LogP contribution in [0.15, 0.2) is 6.20 Å². The van der Waals surface area contributed by atoms with Crippen LogP contribution in [0.2, 0.25) is 0 Å². The molecule has 0 atom stereocenters. The van der Waals surface area contributed by atoms with E-state index in [9.17, 15) is 0 Å². The first-order valence-corrected chi connectivity index (χ1v) is 7.01. The van der Waals surface area contributed by atoms with E-state index >= 15 is 0 Å². The first kappa shape index (κ1) is 12.4. The average molecular weight is 259 g/mol. The molecule has 1 aliphatic rings. The van der Waals surface area contributed by atoms with Crippen molar-refractivity contribution >= 4 is 0 Å². The third kappa shape index (κ3) is 2.08. The lowest BCUT2D eigenvalue weighted by Gasteiger charge is -2.15. The summed E-state index contributed by atoms with van der Waals surface area (Å²) in [5.41, 5.74) is 4.82. The van der Waals surface area contributed by atoms with E-state index in [0.717, 1.165) is 38.0 Å². The predicted octanol–water partition coefficient (Wildman–Crippen LogP) is 1.51. The van der Waals surface area contributed by atoms with Gasteiger partial charge >= 0.3 is 0 Å². The van der Waals surface area contributed by atoms with Gasteiger partial charge < -0.3 is 5.32 Å². The van der Waals surface area contributed by atoms with Gasteiger partial charge in [0.25, 0.3) is 0 Å². The fourth-order valence-corrected chi connectivity index (χ4v) is 2.85. The maximum atomic E-state index is 4.83. The molecule has 1 aliphatic heterocycles. The van der Waals surface area contributed by atoms with Gasteiger partial charge in [-0.15, -0.1) is 0 Å². The highest BCUT2D eigenvalue weighted by Crippen LogP contribution is 2.24. The number of aromatic nitrogens is 4. The lowest BCUT2D eigenvalue weighted by atomic mass is 10.2. The SMILES string of the molecule is CCCc1nc2c(n1-c1cn(C)nc1C)CCNC2. The van der Waals surface area contributed by atoms with E-state index in [-0.39, 0.29) is 0 Å². The minimum atomic E-state index is 0.887. The number of nitrogens with zero attached hydrogens (tertiary/aromatic N) is 4. The Morgan fingerprint density at radius 1 is 1.42 bits per heavy atom. The van der Waals surface area contributed by atoms with Crippen LogP contribution in [0.3, 0.4) is 0 Å². The molecular formula is C14H21N5. The van der Waals surface area contributed by atoms with Crippen molar-refractivity contribution in [2.45, 2.75) is 39.7 Å². The number of hydrogen-bond acceptors (Lipinski definition) is 3. The average Bonchev–Trinajstić information content (AvgIpc) is 2.89. The Morgan fingerprint density at radius 3 is 2.95 bits per heavy atom. The molecule has 3 rings (SSSR count). The van der Waals surface area contributed by atoms with Crippen molar-refractivity contribution in [3.05, 3.63) is 29.1 Å². The molecule has 5 nitrogen and oxygen atoms in total. The molecule has 0 aromatic carbocycles. The van der Waals surface area contributed by atoms with Gasteiger partial charge in [-0.05, 0) is 13.3 Å². The van der Waals surface area contributed by atoms with Crippen molar-refractivity contribution in [3.63, 3.8) is 0 Å². The Labute approximate surface area is 113 Å². The summed E-state index contributed by atoms with van der Waals surface area (Å²) in [7, 11) is 1.97. The Kier molecular flexibility index (Phi) is 3.14. The third-order valence-electron chi connectivity index (χ3n) is 3.66. The first-order valence-electron chi connectivity index (χ1n) is 7.01. The minimum Gasteiger partial charge on any atom is -0.311 e. The van der Waals surface area contributed by atoms with Gasteiger partial charge in [0, 0.05) is 44.9 Å². The molecule has 0 aliphatic carbocycles. The Hall–Kier alpha value is -1.62. The van der Waals surface area contributed by atoms with E-state index in [0.29, 0.717) is 0 Å². The largest absolute Gasteiger partial charge is 0.311 e. The monoisotopic (exact) mass is 259 g/mol. The zero-order chi connectivity index (χ0) is 13.4. The van der Waals surface area contributed by atoms with Gasteiger partial charge in [0.05, 0.1) is 17.1 Å². The fraction of sp³-hybridized carbons (Fsp3) is 0.571. The van der Waals surface area contributed by atoms with Crippen LogP contribution in [-0.2, 0) is 26.4 Å². The van der Waals surface area contributed by atoms with Crippen molar-refractivity contribution in [1.29, 1.82) is 0 Å². The lowest BCUT2D eigenvalue weighted by molar-refractivity contribution is 0.619. The minimum absolute atomic E-state index is 0.887. The summed E-state index contributed by atoms with van der Waals surface area (Å²) in [5.74, 6) is 1.17. The predicted molar refractivity (Wildman–Crippen MR) is 74.5 cm³/mol.